The molecule has 0 aliphatic carbocycles. The maximum Gasteiger partial charge on any atom is 0.333 e. The van der Waals surface area contributed by atoms with Crippen molar-refractivity contribution in [2.75, 3.05) is 13.7 Å². The van der Waals surface area contributed by atoms with Crippen molar-refractivity contribution >= 4 is 62.2 Å². The quantitative estimate of drug-likeness (QED) is 0.149. The molecule has 1 atom stereocenters. The minimum Gasteiger partial charge on any atom is -0.493 e. The molecule has 0 bridgehead atoms. The Labute approximate surface area is 240 Å². The lowest BCUT2D eigenvalue weighted by atomic mass is 10.1. The van der Waals surface area contributed by atoms with Crippen LogP contribution in [-0.2, 0) is 20.9 Å². The van der Waals surface area contributed by atoms with Crippen molar-refractivity contribution in [1.82, 2.24) is 4.90 Å². The molecule has 0 spiro atoms. The Morgan fingerprint density at radius 2 is 1.89 bits per heavy atom. The summed E-state index contributed by atoms with van der Waals surface area (Å²) in [6.45, 7) is 4.33. The fourth-order valence-corrected chi connectivity index (χ4v) is 5.91. The predicted molar refractivity (Wildman–Crippen MR) is 157 cm³/mol. The molecule has 196 valence electrons. The Bertz CT molecular complexity index is 1390. The highest BCUT2D eigenvalue weighted by Gasteiger charge is 2.42. The molecule has 0 saturated carbocycles. The van der Waals surface area contributed by atoms with E-state index in [1.165, 1.54) is 4.90 Å². The van der Waals surface area contributed by atoms with Crippen molar-refractivity contribution in [3.63, 3.8) is 0 Å². The van der Waals surface area contributed by atoms with Gasteiger partial charge in [0.1, 0.15) is 10.9 Å². The molecule has 9 heteroatoms. The van der Waals surface area contributed by atoms with Crippen LogP contribution in [-0.4, -0.2) is 34.8 Å². The Morgan fingerprint density at radius 3 is 2.58 bits per heavy atom. The van der Waals surface area contributed by atoms with Gasteiger partial charge in [-0.2, -0.15) is 0 Å². The molecule has 1 fully saturated rings. The summed E-state index contributed by atoms with van der Waals surface area (Å²) in [5, 5.41) is 0. The van der Waals surface area contributed by atoms with E-state index in [0.717, 1.165) is 22.9 Å². The van der Waals surface area contributed by atoms with Crippen LogP contribution < -0.4 is 9.47 Å². The van der Waals surface area contributed by atoms with Gasteiger partial charge in [-0.1, -0.05) is 84.1 Å². The maximum atomic E-state index is 13.5. The van der Waals surface area contributed by atoms with Gasteiger partial charge >= 0.3 is 5.97 Å². The van der Waals surface area contributed by atoms with E-state index < -0.39 is 12.0 Å². The van der Waals surface area contributed by atoms with Gasteiger partial charge in [0.25, 0.3) is 5.91 Å². The fraction of sp³-hybridized carbons (Fsp3) is 0.207. The van der Waals surface area contributed by atoms with Gasteiger partial charge in [0, 0.05) is 0 Å². The zero-order valence-electron chi connectivity index (χ0n) is 21.1. The second-order valence-electron chi connectivity index (χ2n) is 8.43. The highest BCUT2D eigenvalue weighted by molar-refractivity contribution is 9.10. The van der Waals surface area contributed by atoms with Gasteiger partial charge in [-0.15, -0.1) is 0 Å². The first-order chi connectivity index (χ1) is 18.3. The summed E-state index contributed by atoms with van der Waals surface area (Å²) in [5.41, 5.74) is 3.54. The largest absolute Gasteiger partial charge is 0.493 e. The van der Waals surface area contributed by atoms with E-state index in [4.69, 9.17) is 26.4 Å². The molecule has 1 amide bonds. The summed E-state index contributed by atoms with van der Waals surface area (Å²) in [4.78, 5) is 28.1. The molecule has 1 unspecified atom stereocenters. The fourth-order valence-electron chi connectivity index (χ4n) is 4.02. The predicted octanol–water partition coefficient (Wildman–Crippen LogP) is 6.85. The number of benzene rings is 3. The number of methoxy groups -OCH3 is 1. The summed E-state index contributed by atoms with van der Waals surface area (Å²) in [5.74, 6) is 0.181. The molecule has 0 radical (unpaired) electrons. The van der Waals surface area contributed by atoms with Crippen LogP contribution in [0.5, 0.6) is 11.5 Å². The lowest BCUT2D eigenvalue weighted by molar-refractivity contribution is -0.151. The number of thiocarbonyl (C=S) groups is 1. The summed E-state index contributed by atoms with van der Waals surface area (Å²) < 4.78 is 17.9. The van der Waals surface area contributed by atoms with Crippen LogP contribution in [0.1, 0.15) is 35.2 Å². The van der Waals surface area contributed by atoms with Gasteiger partial charge in [0.15, 0.2) is 17.5 Å². The number of ether oxygens (including phenoxy) is 3. The molecule has 3 aromatic rings. The van der Waals surface area contributed by atoms with Gasteiger partial charge in [0.05, 0.1) is 23.1 Å². The second kappa shape index (κ2) is 12.6. The van der Waals surface area contributed by atoms with Crippen molar-refractivity contribution in [2.45, 2.75) is 26.5 Å². The maximum absolute atomic E-state index is 13.5. The molecule has 0 aromatic heterocycles. The number of esters is 1. The highest BCUT2D eigenvalue weighted by Crippen LogP contribution is 2.41. The minimum atomic E-state index is -0.965. The number of carbonyl (C=O) groups is 2. The standard InChI is InChI=1S/C29H26BrNO5S2/c1-4-35-28(33)25(21-11-6-5-7-12-21)31-27(32)24(38-29(31)37)16-20-14-22(30)26(23(15-20)34-3)36-17-19-10-8-9-18(2)13-19/h5-16,25H,4,17H2,1-3H3/b24-16+. The third-order valence-electron chi connectivity index (χ3n) is 5.72. The van der Waals surface area contributed by atoms with Crippen molar-refractivity contribution < 1.29 is 23.8 Å². The second-order valence-corrected chi connectivity index (χ2v) is 11.0. The molecule has 6 nitrogen and oxygen atoms in total. The third-order valence-corrected chi connectivity index (χ3v) is 7.64. The Hall–Kier alpha value is -3.14. The van der Waals surface area contributed by atoms with Crippen LogP contribution in [0.2, 0.25) is 0 Å². The number of hydrogen-bond acceptors (Lipinski definition) is 7. The van der Waals surface area contributed by atoms with Crippen LogP contribution in [0.3, 0.4) is 0 Å². The first-order valence-electron chi connectivity index (χ1n) is 11.9. The first-order valence-corrected chi connectivity index (χ1v) is 13.9. The molecular weight excluding hydrogens is 586 g/mol. The summed E-state index contributed by atoms with van der Waals surface area (Å²) >= 11 is 10.3. The molecule has 38 heavy (non-hydrogen) atoms. The Balaban J connectivity index is 1.61. The van der Waals surface area contributed by atoms with E-state index >= 15 is 0 Å². The average molecular weight is 613 g/mol. The van der Waals surface area contributed by atoms with Crippen molar-refractivity contribution in [2.24, 2.45) is 0 Å². The lowest BCUT2D eigenvalue weighted by Crippen LogP contribution is -2.38. The van der Waals surface area contributed by atoms with E-state index in [-0.39, 0.29) is 16.8 Å². The van der Waals surface area contributed by atoms with Gasteiger partial charge in [0.2, 0.25) is 0 Å². The summed E-state index contributed by atoms with van der Waals surface area (Å²) in [6, 6.07) is 19.8. The Morgan fingerprint density at radius 1 is 1.13 bits per heavy atom. The number of aryl methyl sites for hydroxylation is 1. The molecule has 1 aliphatic heterocycles. The smallest absolute Gasteiger partial charge is 0.333 e. The molecule has 1 saturated heterocycles. The van der Waals surface area contributed by atoms with Gasteiger partial charge in [-0.3, -0.25) is 9.69 Å². The Kier molecular flexibility index (Phi) is 9.25. The molecular formula is C29H26BrNO5S2. The van der Waals surface area contributed by atoms with Crippen LogP contribution in [0.15, 0.2) is 76.1 Å². The van der Waals surface area contributed by atoms with Crippen LogP contribution in [0.4, 0.5) is 0 Å². The van der Waals surface area contributed by atoms with Gasteiger partial charge in [-0.25, -0.2) is 4.79 Å². The van der Waals surface area contributed by atoms with Crippen LogP contribution in [0.25, 0.3) is 6.08 Å². The van der Waals surface area contributed by atoms with E-state index in [1.54, 1.807) is 50.4 Å². The summed E-state index contributed by atoms with van der Waals surface area (Å²) in [6.07, 6.45) is 1.73. The van der Waals surface area contributed by atoms with Gasteiger partial charge < -0.3 is 14.2 Å². The van der Waals surface area contributed by atoms with E-state index in [1.807, 2.05) is 37.3 Å². The van der Waals surface area contributed by atoms with Crippen molar-refractivity contribution in [3.8, 4) is 11.5 Å². The topological polar surface area (TPSA) is 65.1 Å². The SMILES string of the molecule is CCOC(=O)C(c1ccccc1)N1C(=O)/C(=C\c2cc(Br)c(OCc3cccc(C)c3)c(OC)c2)SC1=S. The van der Waals surface area contributed by atoms with Crippen molar-refractivity contribution in [3.05, 3.63) is 98.4 Å². The van der Waals surface area contributed by atoms with E-state index in [0.29, 0.717) is 38.6 Å². The van der Waals surface area contributed by atoms with E-state index in [9.17, 15) is 9.59 Å². The zero-order chi connectivity index (χ0) is 27.2. The van der Waals surface area contributed by atoms with Crippen LogP contribution >= 0.6 is 39.9 Å². The number of carbonyl (C=O) groups excluding carboxylic acids is 2. The normalized spacial score (nSPS) is 15.1. The number of nitrogens with zero attached hydrogens (tertiary/aromatic N) is 1. The molecule has 1 aliphatic rings. The number of thioether (sulfide) groups is 1. The number of rotatable bonds is 9. The number of amides is 1. The number of hydrogen-bond donors (Lipinski definition) is 0. The lowest BCUT2D eigenvalue weighted by Gasteiger charge is -2.25. The zero-order valence-corrected chi connectivity index (χ0v) is 24.3. The van der Waals surface area contributed by atoms with E-state index in [2.05, 4.69) is 22.0 Å². The first kappa shape index (κ1) is 27.9. The number of halogens is 1. The average Bonchev–Trinajstić information content (AvgIpc) is 3.16. The third kappa shape index (κ3) is 6.28. The highest BCUT2D eigenvalue weighted by atomic mass is 79.9. The monoisotopic (exact) mass is 611 g/mol. The molecule has 1 heterocycles. The molecule has 0 N–H and O–H groups in total. The van der Waals surface area contributed by atoms with Gasteiger partial charge in [-0.05, 0) is 64.7 Å². The van der Waals surface area contributed by atoms with Crippen LogP contribution in [0, 0.1) is 6.92 Å². The van der Waals surface area contributed by atoms with Crippen molar-refractivity contribution in [1.29, 1.82) is 0 Å². The minimum absolute atomic E-state index is 0.193. The molecule has 3 aromatic carbocycles. The summed E-state index contributed by atoms with van der Waals surface area (Å²) in [7, 11) is 1.56. The molecule has 4 rings (SSSR count).